The molecule has 3 N–H and O–H groups in total. The van der Waals surface area contributed by atoms with E-state index in [1.165, 1.54) is 19.3 Å². The third kappa shape index (κ3) is 6.14. The number of hydrogen-bond donors (Lipinski definition) is 3. The van der Waals surface area contributed by atoms with Crippen molar-refractivity contribution >= 4 is 35.5 Å². The van der Waals surface area contributed by atoms with Crippen molar-refractivity contribution in [3.05, 3.63) is 70.4 Å². The highest BCUT2D eigenvalue weighted by Gasteiger charge is 2.16. The van der Waals surface area contributed by atoms with E-state index in [-0.39, 0.29) is 29.2 Å². The second-order valence-corrected chi connectivity index (χ2v) is 6.07. The van der Waals surface area contributed by atoms with Crippen molar-refractivity contribution in [2.24, 2.45) is 0 Å². The molecule has 2 aromatic rings. The van der Waals surface area contributed by atoms with Crippen LogP contribution in [0.2, 0.25) is 5.02 Å². The second-order valence-electron chi connectivity index (χ2n) is 5.66. The van der Waals surface area contributed by atoms with Crippen LogP contribution >= 0.6 is 11.6 Å². The molecule has 0 saturated carbocycles. The predicted octanol–water partition coefficient (Wildman–Crippen LogP) is 2.71. The summed E-state index contributed by atoms with van der Waals surface area (Å²) in [5.41, 5.74) is 0.812. The average molecular weight is 403 g/mol. The van der Waals surface area contributed by atoms with E-state index < -0.39 is 17.8 Å². The van der Waals surface area contributed by atoms with Gasteiger partial charge in [-0.2, -0.15) is 0 Å². The van der Waals surface area contributed by atoms with Gasteiger partial charge in [0.1, 0.15) is 11.4 Å². The molecule has 0 aliphatic heterocycles. The molecule has 0 bridgehead atoms. The molecule has 0 spiro atoms. The molecule has 146 valence electrons. The molecule has 0 aliphatic carbocycles. The van der Waals surface area contributed by atoms with Crippen LogP contribution in [0.5, 0.6) is 5.75 Å². The minimum absolute atomic E-state index is 0.0412. The van der Waals surface area contributed by atoms with E-state index in [0.29, 0.717) is 11.3 Å². The maximum Gasteiger partial charge on any atom is 0.305 e. The van der Waals surface area contributed by atoms with Crippen LogP contribution in [0.3, 0.4) is 0 Å². The molecule has 0 fully saturated rings. The topological polar surface area (TPSA) is 105 Å². The quantitative estimate of drug-likeness (QED) is 0.589. The molecule has 0 unspecified atom stereocenters. The Balaban J connectivity index is 2.25. The maximum atomic E-state index is 12.5. The van der Waals surface area contributed by atoms with Crippen molar-refractivity contribution < 1.29 is 24.2 Å². The number of carbonyl (C=O) groups is 3. The highest BCUT2D eigenvalue weighted by molar-refractivity contribution is 6.34. The first kappa shape index (κ1) is 21.0. The number of ether oxygens (including phenoxy) is 1. The zero-order chi connectivity index (χ0) is 20.5. The van der Waals surface area contributed by atoms with Crippen molar-refractivity contribution in [1.29, 1.82) is 0 Å². The number of aliphatic carboxylic acids is 1. The Morgan fingerprint density at radius 3 is 2.39 bits per heavy atom. The van der Waals surface area contributed by atoms with Crippen molar-refractivity contribution in [2.75, 3.05) is 13.7 Å². The molecule has 8 heteroatoms. The summed E-state index contributed by atoms with van der Waals surface area (Å²) in [6.07, 6.45) is 1.24. The van der Waals surface area contributed by atoms with Crippen LogP contribution in [0, 0.1) is 0 Å². The molecular formula is C20H19ClN2O5. The van der Waals surface area contributed by atoms with Crippen molar-refractivity contribution in [3.63, 3.8) is 0 Å². The highest BCUT2D eigenvalue weighted by atomic mass is 35.5. The number of halogens is 1. The smallest absolute Gasteiger partial charge is 0.305 e. The van der Waals surface area contributed by atoms with Gasteiger partial charge in [-0.05, 0) is 35.9 Å². The van der Waals surface area contributed by atoms with E-state index in [1.54, 1.807) is 42.5 Å². The zero-order valence-corrected chi connectivity index (χ0v) is 15.8. The first-order valence-corrected chi connectivity index (χ1v) is 8.70. The molecule has 0 heterocycles. The van der Waals surface area contributed by atoms with Gasteiger partial charge in [-0.15, -0.1) is 0 Å². The summed E-state index contributed by atoms with van der Waals surface area (Å²) in [5, 5.41) is 14.0. The SMILES string of the molecule is COc1ccc(C=C(NC(=O)c2ccccc2Cl)C(=O)NCCC(=O)O)cc1. The predicted molar refractivity (Wildman–Crippen MR) is 105 cm³/mol. The minimum atomic E-state index is -1.04. The molecule has 2 amide bonds. The summed E-state index contributed by atoms with van der Waals surface area (Å²) in [6.45, 7) is -0.0733. The van der Waals surface area contributed by atoms with Gasteiger partial charge in [-0.25, -0.2) is 0 Å². The van der Waals surface area contributed by atoms with Crippen molar-refractivity contribution in [1.82, 2.24) is 10.6 Å². The van der Waals surface area contributed by atoms with Gasteiger partial charge in [-0.3, -0.25) is 14.4 Å². The summed E-state index contributed by atoms with van der Waals surface area (Å²) in [5.74, 6) is -1.57. The number of carbonyl (C=O) groups excluding carboxylic acids is 2. The van der Waals surface area contributed by atoms with Gasteiger partial charge in [0.15, 0.2) is 0 Å². The molecule has 0 aromatic heterocycles. The van der Waals surface area contributed by atoms with E-state index >= 15 is 0 Å². The summed E-state index contributed by atoms with van der Waals surface area (Å²) in [6, 6.07) is 13.3. The van der Waals surface area contributed by atoms with Gasteiger partial charge < -0.3 is 20.5 Å². The summed E-state index contributed by atoms with van der Waals surface area (Å²) in [4.78, 5) is 35.6. The van der Waals surface area contributed by atoms with Gasteiger partial charge in [-0.1, -0.05) is 35.9 Å². The lowest BCUT2D eigenvalue weighted by Crippen LogP contribution is -2.35. The fraction of sp³-hybridized carbons (Fsp3) is 0.150. The van der Waals surface area contributed by atoms with E-state index in [4.69, 9.17) is 21.4 Å². The normalized spacial score (nSPS) is 10.9. The molecule has 2 rings (SSSR count). The second kappa shape index (κ2) is 10.1. The number of methoxy groups -OCH3 is 1. The Bertz CT molecular complexity index is 894. The van der Waals surface area contributed by atoms with Crippen LogP contribution in [0.15, 0.2) is 54.2 Å². The van der Waals surface area contributed by atoms with Gasteiger partial charge in [0.2, 0.25) is 0 Å². The number of benzene rings is 2. The molecule has 0 saturated heterocycles. The van der Waals surface area contributed by atoms with Crippen LogP contribution in [-0.2, 0) is 9.59 Å². The average Bonchev–Trinajstić information content (AvgIpc) is 2.68. The van der Waals surface area contributed by atoms with Gasteiger partial charge in [0.25, 0.3) is 11.8 Å². The lowest BCUT2D eigenvalue weighted by molar-refractivity contribution is -0.136. The van der Waals surface area contributed by atoms with Gasteiger partial charge in [0, 0.05) is 6.54 Å². The van der Waals surface area contributed by atoms with Crippen LogP contribution in [0.25, 0.3) is 6.08 Å². The molecule has 0 radical (unpaired) electrons. The summed E-state index contributed by atoms with van der Waals surface area (Å²) < 4.78 is 5.09. The Kier molecular flexibility index (Phi) is 7.59. The Morgan fingerprint density at radius 2 is 1.79 bits per heavy atom. The molecule has 7 nitrogen and oxygen atoms in total. The Morgan fingerprint density at radius 1 is 1.11 bits per heavy atom. The number of nitrogens with one attached hydrogen (secondary N) is 2. The first-order valence-electron chi connectivity index (χ1n) is 8.32. The Hall–Kier alpha value is -3.32. The van der Waals surface area contributed by atoms with Crippen molar-refractivity contribution in [2.45, 2.75) is 6.42 Å². The zero-order valence-electron chi connectivity index (χ0n) is 15.1. The van der Waals surface area contributed by atoms with Crippen LogP contribution in [0.4, 0.5) is 0 Å². The minimum Gasteiger partial charge on any atom is -0.497 e. The van der Waals surface area contributed by atoms with E-state index in [1.807, 2.05) is 0 Å². The maximum absolute atomic E-state index is 12.5. The molecular weight excluding hydrogens is 384 g/mol. The molecule has 28 heavy (non-hydrogen) atoms. The number of carboxylic acids is 1. The number of carboxylic acid groups (broad SMARTS) is 1. The number of hydrogen-bond acceptors (Lipinski definition) is 4. The van der Waals surface area contributed by atoms with Gasteiger partial charge >= 0.3 is 5.97 Å². The van der Waals surface area contributed by atoms with E-state index in [2.05, 4.69) is 10.6 Å². The highest BCUT2D eigenvalue weighted by Crippen LogP contribution is 2.16. The lowest BCUT2D eigenvalue weighted by Gasteiger charge is -2.11. The third-order valence-electron chi connectivity index (χ3n) is 3.66. The van der Waals surface area contributed by atoms with Crippen LogP contribution in [-0.4, -0.2) is 36.5 Å². The van der Waals surface area contributed by atoms with Crippen LogP contribution in [0.1, 0.15) is 22.3 Å². The number of amides is 2. The summed E-state index contributed by atoms with van der Waals surface area (Å²) >= 11 is 6.03. The first-order chi connectivity index (χ1) is 13.4. The summed E-state index contributed by atoms with van der Waals surface area (Å²) in [7, 11) is 1.54. The molecule has 0 aliphatic rings. The number of rotatable bonds is 8. The third-order valence-corrected chi connectivity index (χ3v) is 3.99. The van der Waals surface area contributed by atoms with Crippen LogP contribution < -0.4 is 15.4 Å². The fourth-order valence-electron chi connectivity index (χ4n) is 2.24. The molecule has 2 aromatic carbocycles. The van der Waals surface area contributed by atoms with Gasteiger partial charge in [0.05, 0.1) is 24.1 Å². The standard InChI is InChI=1S/C20H19ClN2O5/c1-28-14-8-6-13(7-9-14)12-17(20(27)22-11-10-18(24)25)23-19(26)15-4-2-3-5-16(15)21/h2-9,12H,10-11H2,1H3,(H,22,27)(H,23,26)(H,24,25). The van der Waals surface area contributed by atoms with Crippen molar-refractivity contribution in [3.8, 4) is 5.75 Å². The lowest BCUT2D eigenvalue weighted by atomic mass is 10.1. The monoisotopic (exact) mass is 402 g/mol. The largest absolute Gasteiger partial charge is 0.497 e. The fourth-order valence-corrected chi connectivity index (χ4v) is 2.46. The van der Waals surface area contributed by atoms with E-state index in [9.17, 15) is 14.4 Å². The van der Waals surface area contributed by atoms with E-state index in [0.717, 1.165) is 0 Å². The Labute approximate surface area is 167 Å². The molecule has 0 atom stereocenters.